The molecule has 0 aliphatic rings. The van der Waals surface area contributed by atoms with Crippen LogP contribution >= 0.6 is 0 Å². The van der Waals surface area contributed by atoms with Gasteiger partial charge in [0.25, 0.3) is 5.56 Å². The van der Waals surface area contributed by atoms with Crippen molar-refractivity contribution in [3.63, 3.8) is 0 Å². The van der Waals surface area contributed by atoms with E-state index in [0.29, 0.717) is 5.69 Å². The molecule has 2 heterocycles. The van der Waals surface area contributed by atoms with Crippen LogP contribution in [0.1, 0.15) is 19.0 Å². The lowest BCUT2D eigenvalue weighted by molar-refractivity contribution is -0.117. The highest BCUT2D eigenvalue weighted by atomic mass is 16.3. The average molecular weight is 266 g/mol. The third kappa shape index (κ3) is 2.48. The SMILES string of the molecule is CC(=O)CCn1c(=O)[nH]c2n[nH]c(CCO)c2c1=O. The predicted molar refractivity (Wildman–Crippen MR) is 67.1 cm³/mol. The Hall–Kier alpha value is -2.22. The van der Waals surface area contributed by atoms with Crippen molar-refractivity contribution in [2.75, 3.05) is 6.61 Å². The van der Waals surface area contributed by atoms with Crippen molar-refractivity contribution >= 4 is 16.8 Å². The number of nitrogens with zero attached hydrogens (tertiary/aromatic N) is 2. The number of carbonyl (C=O) groups is 1. The fraction of sp³-hybridized carbons (Fsp3) is 0.455. The summed E-state index contributed by atoms with van der Waals surface area (Å²) < 4.78 is 0.972. The Kier molecular flexibility index (Phi) is 3.61. The summed E-state index contributed by atoms with van der Waals surface area (Å²) in [4.78, 5) is 37.4. The van der Waals surface area contributed by atoms with E-state index in [1.54, 1.807) is 0 Å². The van der Waals surface area contributed by atoms with Crippen molar-refractivity contribution in [2.45, 2.75) is 26.3 Å². The summed E-state index contributed by atoms with van der Waals surface area (Å²) in [6, 6.07) is 0. The van der Waals surface area contributed by atoms with E-state index in [4.69, 9.17) is 5.11 Å². The van der Waals surface area contributed by atoms with Crippen LogP contribution in [-0.2, 0) is 17.8 Å². The van der Waals surface area contributed by atoms with Crippen molar-refractivity contribution in [1.82, 2.24) is 19.7 Å². The van der Waals surface area contributed by atoms with Gasteiger partial charge >= 0.3 is 5.69 Å². The zero-order valence-electron chi connectivity index (χ0n) is 10.4. The molecule has 2 aromatic rings. The van der Waals surface area contributed by atoms with Crippen LogP contribution in [0.3, 0.4) is 0 Å². The Morgan fingerprint density at radius 2 is 2.16 bits per heavy atom. The number of carbonyl (C=O) groups excluding carboxylic acids is 1. The molecule has 19 heavy (non-hydrogen) atoms. The summed E-state index contributed by atoms with van der Waals surface area (Å²) in [6.07, 6.45) is 0.353. The minimum atomic E-state index is -0.596. The van der Waals surface area contributed by atoms with Gasteiger partial charge in [0.2, 0.25) is 0 Å². The van der Waals surface area contributed by atoms with Crippen LogP contribution in [-0.4, -0.2) is 37.2 Å². The molecule has 8 nitrogen and oxygen atoms in total. The van der Waals surface area contributed by atoms with Crippen LogP contribution in [0, 0.1) is 0 Å². The number of hydrogen-bond donors (Lipinski definition) is 3. The van der Waals surface area contributed by atoms with Crippen molar-refractivity contribution in [3.05, 3.63) is 26.5 Å². The Balaban J connectivity index is 2.58. The van der Waals surface area contributed by atoms with Crippen LogP contribution in [0.2, 0.25) is 0 Å². The number of Topliss-reactive ketones (excluding diaryl/α,β-unsaturated/α-hetero) is 1. The summed E-state index contributed by atoms with van der Waals surface area (Å²) in [6.45, 7) is 1.29. The largest absolute Gasteiger partial charge is 0.396 e. The molecule has 0 atom stereocenters. The minimum Gasteiger partial charge on any atom is -0.396 e. The molecule has 0 saturated heterocycles. The normalized spacial score (nSPS) is 11.1. The second kappa shape index (κ2) is 5.19. The molecular weight excluding hydrogens is 252 g/mol. The predicted octanol–water partition coefficient (Wildman–Crippen LogP) is -1.07. The maximum atomic E-state index is 12.2. The van der Waals surface area contributed by atoms with Gasteiger partial charge in [-0.15, -0.1) is 0 Å². The van der Waals surface area contributed by atoms with Crippen molar-refractivity contribution < 1.29 is 9.90 Å². The van der Waals surface area contributed by atoms with Gasteiger partial charge in [0, 0.05) is 26.0 Å². The highest BCUT2D eigenvalue weighted by Crippen LogP contribution is 2.07. The highest BCUT2D eigenvalue weighted by molar-refractivity contribution is 5.77. The van der Waals surface area contributed by atoms with E-state index in [0.717, 1.165) is 4.57 Å². The number of fused-ring (bicyclic) bond motifs is 1. The number of aliphatic hydroxyl groups is 1. The van der Waals surface area contributed by atoms with Gasteiger partial charge < -0.3 is 5.11 Å². The van der Waals surface area contributed by atoms with Gasteiger partial charge in [-0.3, -0.25) is 24.2 Å². The number of aromatic amines is 2. The lowest BCUT2D eigenvalue weighted by Crippen LogP contribution is -2.35. The lowest BCUT2D eigenvalue weighted by Gasteiger charge is -2.03. The molecule has 0 bridgehead atoms. The fourth-order valence-electron chi connectivity index (χ4n) is 1.86. The average Bonchev–Trinajstić information content (AvgIpc) is 2.72. The molecule has 3 N–H and O–H groups in total. The Morgan fingerprint density at radius 3 is 2.79 bits per heavy atom. The quantitative estimate of drug-likeness (QED) is 0.636. The Labute approximate surface area is 107 Å². The minimum absolute atomic E-state index is 0.0309. The summed E-state index contributed by atoms with van der Waals surface area (Å²) in [5.74, 6) is -0.103. The van der Waals surface area contributed by atoms with Crippen LogP contribution in [0.25, 0.3) is 11.0 Å². The summed E-state index contributed by atoms with van der Waals surface area (Å²) in [7, 11) is 0. The summed E-state index contributed by atoms with van der Waals surface area (Å²) >= 11 is 0. The number of nitrogens with one attached hydrogen (secondary N) is 2. The van der Waals surface area contributed by atoms with E-state index in [1.807, 2.05) is 0 Å². The molecule has 102 valence electrons. The van der Waals surface area contributed by atoms with E-state index in [1.165, 1.54) is 6.92 Å². The molecule has 2 aromatic heterocycles. The van der Waals surface area contributed by atoms with Gasteiger partial charge in [0.1, 0.15) is 11.2 Å². The second-order valence-electron chi connectivity index (χ2n) is 4.24. The maximum absolute atomic E-state index is 12.2. The van der Waals surface area contributed by atoms with Crippen LogP contribution < -0.4 is 11.2 Å². The molecule has 0 fully saturated rings. The molecular formula is C11H14N4O4. The van der Waals surface area contributed by atoms with Crippen molar-refractivity contribution in [2.24, 2.45) is 0 Å². The first-order chi connectivity index (χ1) is 9.04. The third-order valence-electron chi connectivity index (χ3n) is 2.82. The topological polar surface area (TPSA) is 121 Å². The number of H-pyrrole nitrogens is 2. The number of hydrogen-bond acceptors (Lipinski definition) is 5. The van der Waals surface area contributed by atoms with Crippen LogP contribution in [0.5, 0.6) is 0 Å². The summed E-state index contributed by atoms with van der Waals surface area (Å²) in [5.41, 5.74) is -0.467. The Bertz CT molecular complexity index is 724. The molecule has 2 rings (SSSR count). The first kappa shape index (κ1) is 13.2. The van der Waals surface area contributed by atoms with Gasteiger partial charge in [-0.05, 0) is 6.92 Å². The molecule has 0 unspecified atom stereocenters. The first-order valence-corrected chi connectivity index (χ1v) is 5.85. The Morgan fingerprint density at radius 1 is 1.42 bits per heavy atom. The molecule has 0 aliphatic heterocycles. The van der Waals surface area contributed by atoms with E-state index in [9.17, 15) is 14.4 Å². The second-order valence-corrected chi connectivity index (χ2v) is 4.24. The molecule has 0 amide bonds. The monoisotopic (exact) mass is 266 g/mol. The number of rotatable bonds is 5. The smallest absolute Gasteiger partial charge is 0.330 e. The molecule has 0 aromatic carbocycles. The number of ketones is 1. The van der Waals surface area contributed by atoms with Crippen molar-refractivity contribution in [3.8, 4) is 0 Å². The molecule has 8 heteroatoms. The van der Waals surface area contributed by atoms with Gasteiger partial charge in [0.05, 0.1) is 5.69 Å². The van der Waals surface area contributed by atoms with E-state index < -0.39 is 11.2 Å². The molecule has 0 saturated carbocycles. The van der Waals surface area contributed by atoms with Gasteiger partial charge in [-0.1, -0.05) is 0 Å². The molecule has 0 aliphatic carbocycles. The van der Waals surface area contributed by atoms with E-state index >= 15 is 0 Å². The van der Waals surface area contributed by atoms with E-state index in [-0.39, 0.29) is 42.8 Å². The zero-order chi connectivity index (χ0) is 14.0. The van der Waals surface area contributed by atoms with Gasteiger partial charge in [-0.25, -0.2) is 4.79 Å². The maximum Gasteiger partial charge on any atom is 0.330 e. The summed E-state index contributed by atoms with van der Waals surface area (Å²) in [5, 5.41) is 15.6. The third-order valence-corrected chi connectivity index (χ3v) is 2.82. The lowest BCUT2D eigenvalue weighted by atomic mass is 10.2. The van der Waals surface area contributed by atoms with Gasteiger partial charge in [0.15, 0.2) is 5.65 Å². The van der Waals surface area contributed by atoms with E-state index in [2.05, 4.69) is 15.2 Å². The number of aromatic nitrogens is 4. The number of aliphatic hydroxyl groups excluding tert-OH is 1. The molecule has 0 spiro atoms. The first-order valence-electron chi connectivity index (χ1n) is 5.85. The van der Waals surface area contributed by atoms with Crippen LogP contribution in [0.4, 0.5) is 0 Å². The molecule has 0 radical (unpaired) electrons. The fourth-order valence-corrected chi connectivity index (χ4v) is 1.86. The standard InChI is InChI=1S/C11H14N4O4/c1-6(17)2-4-15-10(18)8-7(3-5-16)13-14-9(8)12-11(15)19/h16H,2-5H2,1H3,(H2,12,13,14,19). The van der Waals surface area contributed by atoms with Crippen molar-refractivity contribution in [1.29, 1.82) is 0 Å². The van der Waals surface area contributed by atoms with Gasteiger partial charge in [-0.2, -0.15) is 5.10 Å². The van der Waals surface area contributed by atoms with Crippen LogP contribution in [0.15, 0.2) is 9.59 Å². The highest BCUT2D eigenvalue weighted by Gasteiger charge is 2.14. The zero-order valence-corrected chi connectivity index (χ0v) is 10.4.